The SMILES string of the molecule is Cc1ccc(-n2ncc(C(=O)N3CCNCC3)c2C(F)(F)F)cc1.Cl. The number of aryl methyl sites for hydroxylation is 1. The van der Waals surface area contributed by atoms with Crippen molar-refractivity contribution in [2.24, 2.45) is 0 Å². The molecule has 0 unspecified atom stereocenters. The Labute approximate surface area is 149 Å². The number of nitrogens with zero attached hydrogens (tertiary/aromatic N) is 3. The predicted molar refractivity (Wildman–Crippen MR) is 89.3 cm³/mol. The molecule has 1 amide bonds. The first-order chi connectivity index (χ1) is 11.4. The highest BCUT2D eigenvalue weighted by Gasteiger charge is 2.41. The Balaban J connectivity index is 0.00000225. The summed E-state index contributed by atoms with van der Waals surface area (Å²) in [5, 5.41) is 6.90. The van der Waals surface area contributed by atoms with Gasteiger partial charge in [-0.05, 0) is 19.1 Å². The van der Waals surface area contributed by atoms with Crippen LogP contribution in [0.25, 0.3) is 5.69 Å². The zero-order chi connectivity index (χ0) is 17.3. The van der Waals surface area contributed by atoms with Gasteiger partial charge in [-0.15, -0.1) is 12.4 Å². The average molecular weight is 375 g/mol. The molecule has 9 heteroatoms. The summed E-state index contributed by atoms with van der Waals surface area (Å²) in [6, 6.07) is 6.51. The second-order valence-corrected chi connectivity index (χ2v) is 5.69. The summed E-state index contributed by atoms with van der Waals surface area (Å²) in [6.45, 7) is 3.74. The number of hydrogen-bond acceptors (Lipinski definition) is 3. The third-order valence-electron chi connectivity index (χ3n) is 3.95. The van der Waals surface area contributed by atoms with Gasteiger partial charge in [-0.1, -0.05) is 17.7 Å². The van der Waals surface area contributed by atoms with Gasteiger partial charge in [0.1, 0.15) is 0 Å². The number of hydrogen-bond donors (Lipinski definition) is 1. The van der Waals surface area contributed by atoms with E-state index in [0.29, 0.717) is 26.2 Å². The zero-order valence-electron chi connectivity index (χ0n) is 13.5. The van der Waals surface area contributed by atoms with Crippen LogP contribution in [-0.2, 0) is 6.18 Å². The van der Waals surface area contributed by atoms with Crippen molar-refractivity contribution in [3.05, 3.63) is 47.3 Å². The molecule has 2 aromatic rings. The average Bonchev–Trinajstić information content (AvgIpc) is 3.01. The molecule has 2 heterocycles. The molecule has 1 aromatic carbocycles. The lowest BCUT2D eigenvalue weighted by molar-refractivity contribution is -0.143. The number of carbonyl (C=O) groups excluding carboxylic acids is 1. The van der Waals surface area contributed by atoms with Crippen LogP contribution in [0.1, 0.15) is 21.6 Å². The summed E-state index contributed by atoms with van der Waals surface area (Å²) >= 11 is 0. The van der Waals surface area contributed by atoms with Gasteiger partial charge in [0, 0.05) is 26.2 Å². The predicted octanol–water partition coefficient (Wildman–Crippen LogP) is 2.67. The molecule has 0 saturated carbocycles. The van der Waals surface area contributed by atoms with E-state index in [1.165, 1.54) is 4.90 Å². The summed E-state index contributed by atoms with van der Waals surface area (Å²) in [7, 11) is 0. The maximum atomic E-state index is 13.6. The van der Waals surface area contributed by atoms with Gasteiger partial charge < -0.3 is 10.2 Å². The first-order valence-corrected chi connectivity index (χ1v) is 7.60. The molecule has 0 spiro atoms. The minimum atomic E-state index is -4.68. The molecule has 3 rings (SSSR count). The van der Waals surface area contributed by atoms with Crippen molar-refractivity contribution < 1.29 is 18.0 Å². The van der Waals surface area contributed by atoms with Gasteiger partial charge in [0.05, 0.1) is 17.4 Å². The molecule has 1 N–H and O–H groups in total. The van der Waals surface area contributed by atoms with Crippen LogP contribution in [0.5, 0.6) is 0 Å². The Kier molecular flexibility index (Phi) is 5.74. The number of halogens is 4. The molecule has 1 aliphatic rings. The summed E-state index contributed by atoms with van der Waals surface area (Å²) in [6.07, 6.45) is -3.67. The number of aromatic nitrogens is 2. The largest absolute Gasteiger partial charge is 0.434 e. The first-order valence-electron chi connectivity index (χ1n) is 7.60. The van der Waals surface area contributed by atoms with Crippen molar-refractivity contribution in [3.8, 4) is 5.69 Å². The molecule has 1 aromatic heterocycles. The maximum Gasteiger partial charge on any atom is 0.434 e. The number of nitrogens with one attached hydrogen (secondary N) is 1. The van der Waals surface area contributed by atoms with Gasteiger partial charge in [-0.25, -0.2) is 4.68 Å². The lowest BCUT2D eigenvalue weighted by atomic mass is 10.1. The minimum Gasteiger partial charge on any atom is -0.336 e. The summed E-state index contributed by atoms with van der Waals surface area (Å²) in [5.74, 6) is -0.637. The highest BCUT2D eigenvalue weighted by atomic mass is 35.5. The van der Waals surface area contributed by atoms with Gasteiger partial charge in [-0.3, -0.25) is 4.79 Å². The fraction of sp³-hybridized carbons (Fsp3) is 0.375. The molecule has 25 heavy (non-hydrogen) atoms. The Hall–Kier alpha value is -2.06. The van der Waals surface area contributed by atoms with E-state index in [1.807, 2.05) is 6.92 Å². The molecule has 1 fully saturated rings. The highest BCUT2D eigenvalue weighted by molar-refractivity contribution is 5.95. The lowest BCUT2D eigenvalue weighted by Gasteiger charge is -2.27. The van der Waals surface area contributed by atoms with Crippen LogP contribution in [0, 0.1) is 6.92 Å². The number of benzene rings is 1. The molecule has 5 nitrogen and oxygen atoms in total. The Morgan fingerprint density at radius 3 is 2.32 bits per heavy atom. The van der Waals surface area contributed by atoms with Gasteiger partial charge in [0.25, 0.3) is 5.91 Å². The van der Waals surface area contributed by atoms with E-state index in [4.69, 9.17) is 0 Å². The van der Waals surface area contributed by atoms with Crippen molar-refractivity contribution in [2.45, 2.75) is 13.1 Å². The van der Waals surface area contributed by atoms with E-state index in [1.54, 1.807) is 24.3 Å². The van der Waals surface area contributed by atoms with Crippen LogP contribution in [-0.4, -0.2) is 46.8 Å². The molecule has 1 aliphatic heterocycles. The molecule has 136 valence electrons. The summed E-state index contributed by atoms with van der Waals surface area (Å²) < 4.78 is 41.6. The van der Waals surface area contributed by atoms with Crippen LogP contribution in [0.4, 0.5) is 13.2 Å². The Morgan fingerprint density at radius 1 is 1.16 bits per heavy atom. The van der Waals surface area contributed by atoms with E-state index in [-0.39, 0.29) is 18.1 Å². The standard InChI is InChI=1S/C16H17F3N4O.ClH/c1-11-2-4-12(5-3-11)23-14(16(17,18)19)13(10-21-23)15(24)22-8-6-20-7-9-22;/h2-5,10,20H,6-9H2,1H3;1H. The number of piperazine rings is 1. The minimum absolute atomic E-state index is 0. The van der Waals surface area contributed by atoms with Gasteiger partial charge in [0.15, 0.2) is 5.69 Å². The van der Waals surface area contributed by atoms with E-state index in [2.05, 4.69) is 10.4 Å². The second kappa shape index (κ2) is 7.45. The number of carbonyl (C=O) groups is 1. The maximum absolute atomic E-state index is 13.6. The van der Waals surface area contributed by atoms with Crippen LogP contribution in [0.3, 0.4) is 0 Å². The fourth-order valence-corrected chi connectivity index (χ4v) is 2.70. The third-order valence-corrected chi connectivity index (χ3v) is 3.95. The highest BCUT2D eigenvalue weighted by Crippen LogP contribution is 2.34. The second-order valence-electron chi connectivity index (χ2n) is 5.69. The van der Waals surface area contributed by atoms with E-state index in [9.17, 15) is 18.0 Å². The molecular weight excluding hydrogens is 357 g/mol. The Bertz CT molecular complexity index is 737. The Morgan fingerprint density at radius 2 is 1.76 bits per heavy atom. The monoisotopic (exact) mass is 374 g/mol. The van der Waals surface area contributed by atoms with Crippen molar-refractivity contribution in [1.29, 1.82) is 0 Å². The first kappa shape index (κ1) is 19.3. The van der Waals surface area contributed by atoms with E-state index >= 15 is 0 Å². The smallest absolute Gasteiger partial charge is 0.336 e. The number of alkyl halides is 3. The third kappa shape index (κ3) is 3.96. The van der Waals surface area contributed by atoms with E-state index in [0.717, 1.165) is 16.4 Å². The van der Waals surface area contributed by atoms with Crippen LogP contribution in [0.15, 0.2) is 30.5 Å². The van der Waals surface area contributed by atoms with Gasteiger partial charge in [-0.2, -0.15) is 18.3 Å². The normalized spacial score (nSPS) is 15.0. The molecule has 1 saturated heterocycles. The van der Waals surface area contributed by atoms with Crippen LogP contribution >= 0.6 is 12.4 Å². The van der Waals surface area contributed by atoms with Crippen molar-refractivity contribution in [2.75, 3.05) is 26.2 Å². The molecular formula is C16H18ClF3N4O. The molecule has 0 atom stereocenters. The fourth-order valence-electron chi connectivity index (χ4n) is 2.70. The molecule has 0 aliphatic carbocycles. The quantitative estimate of drug-likeness (QED) is 0.879. The summed E-state index contributed by atoms with van der Waals surface area (Å²) in [5.41, 5.74) is -0.247. The van der Waals surface area contributed by atoms with Gasteiger partial charge >= 0.3 is 6.18 Å². The van der Waals surface area contributed by atoms with Gasteiger partial charge in [0.2, 0.25) is 0 Å². The van der Waals surface area contributed by atoms with Crippen LogP contribution < -0.4 is 5.32 Å². The van der Waals surface area contributed by atoms with Crippen molar-refractivity contribution >= 4 is 18.3 Å². The molecule has 0 bridgehead atoms. The lowest BCUT2D eigenvalue weighted by Crippen LogP contribution is -2.46. The topological polar surface area (TPSA) is 50.2 Å². The number of amides is 1. The van der Waals surface area contributed by atoms with Crippen molar-refractivity contribution in [3.63, 3.8) is 0 Å². The molecule has 0 radical (unpaired) electrons. The van der Waals surface area contributed by atoms with E-state index < -0.39 is 23.3 Å². The summed E-state index contributed by atoms with van der Waals surface area (Å²) in [4.78, 5) is 13.9. The zero-order valence-corrected chi connectivity index (χ0v) is 14.3. The van der Waals surface area contributed by atoms with Crippen molar-refractivity contribution in [1.82, 2.24) is 20.0 Å². The number of rotatable bonds is 2. The van der Waals surface area contributed by atoms with Crippen LogP contribution in [0.2, 0.25) is 0 Å².